The second-order valence-corrected chi connectivity index (χ2v) is 8.75. The van der Waals surface area contributed by atoms with Crippen molar-refractivity contribution < 1.29 is 4.74 Å². The number of aromatic nitrogens is 2. The zero-order valence-electron chi connectivity index (χ0n) is 18.9. The first-order chi connectivity index (χ1) is 16.3. The molecule has 1 aliphatic rings. The highest BCUT2D eigenvalue weighted by atomic mass is 16.5. The number of hydrogen-bond donors (Lipinski definition) is 0. The van der Waals surface area contributed by atoms with Crippen LogP contribution in [0.4, 0.5) is 0 Å². The average molecular weight is 435 g/mol. The average Bonchev–Trinajstić information content (AvgIpc) is 3.30. The van der Waals surface area contributed by atoms with Crippen LogP contribution in [-0.2, 0) is 23.1 Å². The van der Waals surface area contributed by atoms with Crippen LogP contribution in [0.5, 0.6) is 0 Å². The van der Waals surface area contributed by atoms with Crippen LogP contribution in [0.15, 0.2) is 110 Å². The van der Waals surface area contributed by atoms with Gasteiger partial charge >= 0.3 is 0 Å². The van der Waals surface area contributed by atoms with Crippen LogP contribution in [0.1, 0.15) is 34.5 Å². The van der Waals surface area contributed by atoms with Gasteiger partial charge in [-0.1, -0.05) is 97.1 Å². The van der Waals surface area contributed by atoms with Gasteiger partial charge < -0.3 is 9.30 Å². The van der Waals surface area contributed by atoms with E-state index in [1.54, 1.807) is 0 Å². The zero-order valence-corrected chi connectivity index (χ0v) is 18.9. The van der Waals surface area contributed by atoms with E-state index < -0.39 is 5.54 Å². The maximum Gasteiger partial charge on any atom is 0.121 e. The number of fused-ring (bicyclic) bond motifs is 1. The Morgan fingerprint density at radius 1 is 0.879 bits per heavy atom. The number of rotatable bonds is 8. The molecule has 3 aromatic carbocycles. The molecule has 0 N–H and O–H groups in total. The van der Waals surface area contributed by atoms with Crippen molar-refractivity contribution in [2.75, 3.05) is 13.2 Å². The Hall–Kier alpha value is -3.43. The van der Waals surface area contributed by atoms with E-state index in [0.29, 0.717) is 12.5 Å². The molecule has 0 saturated heterocycles. The lowest BCUT2D eigenvalue weighted by molar-refractivity contribution is 0.115. The van der Waals surface area contributed by atoms with Gasteiger partial charge in [0.05, 0.1) is 25.2 Å². The molecule has 0 radical (unpaired) electrons. The van der Waals surface area contributed by atoms with E-state index in [0.717, 1.165) is 25.9 Å². The largest absolute Gasteiger partial charge is 0.377 e. The fraction of sp³-hybridized carbons (Fsp3) is 0.233. The number of imidazole rings is 1. The minimum Gasteiger partial charge on any atom is -0.377 e. The Morgan fingerprint density at radius 3 is 1.94 bits per heavy atom. The van der Waals surface area contributed by atoms with Gasteiger partial charge in [-0.15, -0.1) is 6.58 Å². The fourth-order valence-electron chi connectivity index (χ4n) is 5.26. The van der Waals surface area contributed by atoms with Crippen molar-refractivity contribution in [2.24, 2.45) is 5.92 Å². The summed E-state index contributed by atoms with van der Waals surface area (Å²) in [5.74, 6) is 0.480. The minimum absolute atomic E-state index is 0.480. The predicted octanol–water partition coefficient (Wildman–Crippen LogP) is 6.03. The zero-order chi connectivity index (χ0) is 22.5. The Bertz CT molecular complexity index is 1090. The van der Waals surface area contributed by atoms with Gasteiger partial charge in [0, 0.05) is 5.69 Å². The predicted molar refractivity (Wildman–Crippen MR) is 133 cm³/mol. The fourth-order valence-corrected chi connectivity index (χ4v) is 5.26. The summed E-state index contributed by atoms with van der Waals surface area (Å²) in [6.45, 7) is 5.14. The summed E-state index contributed by atoms with van der Waals surface area (Å²) in [7, 11) is 0. The third kappa shape index (κ3) is 3.94. The molecule has 0 saturated carbocycles. The molecule has 0 bridgehead atoms. The SMILES string of the molecule is C=CCOCC1CCc2ncn(C(c3ccccc3)(c3ccccc3)c3ccccc3)c2C1. The van der Waals surface area contributed by atoms with Crippen molar-refractivity contribution in [3.05, 3.63) is 138 Å². The van der Waals surface area contributed by atoms with E-state index in [1.165, 1.54) is 28.1 Å². The molecule has 5 rings (SSSR count). The summed E-state index contributed by atoms with van der Waals surface area (Å²) in [4.78, 5) is 4.94. The lowest BCUT2D eigenvalue weighted by Crippen LogP contribution is -2.39. The van der Waals surface area contributed by atoms with Gasteiger partial charge in [-0.3, -0.25) is 0 Å². The molecule has 0 aliphatic heterocycles. The van der Waals surface area contributed by atoms with E-state index in [2.05, 4.69) is 108 Å². The van der Waals surface area contributed by atoms with Gasteiger partial charge in [0.2, 0.25) is 0 Å². The van der Waals surface area contributed by atoms with Crippen molar-refractivity contribution >= 4 is 0 Å². The quantitative estimate of drug-likeness (QED) is 0.192. The monoisotopic (exact) mass is 434 g/mol. The van der Waals surface area contributed by atoms with Crippen LogP contribution in [0.2, 0.25) is 0 Å². The van der Waals surface area contributed by atoms with E-state index in [4.69, 9.17) is 9.72 Å². The molecule has 1 heterocycles. The molecular weight excluding hydrogens is 404 g/mol. The van der Waals surface area contributed by atoms with Crippen LogP contribution < -0.4 is 0 Å². The van der Waals surface area contributed by atoms with Crippen molar-refractivity contribution in [1.82, 2.24) is 9.55 Å². The Labute approximate surface area is 196 Å². The van der Waals surface area contributed by atoms with Crippen LogP contribution in [0, 0.1) is 5.92 Å². The van der Waals surface area contributed by atoms with Crippen molar-refractivity contribution in [3.63, 3.8) is 0 Å². The number of benzene rings is 3. The number of hydrogen-bond acceptors (Lipinski definition) is 2. The third-order valence-electron chi connectivity index (χ3n) is 6.75. The summed E-state index contributed by atoms with van der Waals surface area (Å²) >= 11 is 0. The van der Waals surface area contributed by atoms with Gasteiger partial charge in [-0.2, -0.15) is 0 Å². The summed E-state index contributed by atoms with van der Waals surface area (Å²) < 4.78 is 8.28. The summed E-state index contributed by atoms with van der Waals surface area (Å²) in [5.41, 5.74) is 5.70. The maximum absolute atomic E-state index is 5.85. The second-order valence-electron chi connectivity index (χ2n) is 8.75. The van der Waals surface area contributed by atoms with Crippen LogP contribution >= 0.6 is 0 Å². The normalized spacial score (nSPS) is 15.7. The summed E-state index contributed by atoms with van der Waals surface area (Å²) in [6, 6.07) is 32.4. The second kappa shape index (κ2) is 9.60. The van der Waals surface area contributed by atoms with Crippen molar-refractivity contribution in [3.8, 4) is 0 Å². The van der Waals surface area contributed by atoms with Gasteiger partial charge in [0.15, 0.2) is 0 Å². The lowest BCUT2D eigenvalue weighted by atomic mass is 9.76. The van der Waals surface area contributed by atoms with Crippen LogP contribution in [-0.4, -0.2) is 22.8 Å². The Kier molecular flexibility index (Phi) is 6.23. The minimum atomic E-state index is -0.506. The first-order valence-electron chi connectivity index (χ1n) is 11.7. The lowest BCUT2D eigenvalue weighted by Gasteiger charge is -2.39. The first-order valence-corrected chi connectivity index (χ1v) is 11.7. The molecule has 166 valence electrons. The Balaban J connectivity index is 1.72. The van der Waals surface area contributed by atoms with E-state index >= 15 is 0 Å². The third-order valence-corrected chi connectivity index (χ3v) is 6.75. The van der Waals surface area contributed by atoms with Crippen molar-refractivity contribution in [1.29, 1.82) is 0 Å². The highest BCUT2D eigenvalue weighted by Gasteiger charge is 2.41. The van der Waals surface area contributed by atoms with Gasteiger partial charge in [0.1, 0.15) is 5.54 Å². The molecule has 1 unspecified atom stereocenters. The molecule has 0 amide bonds. The molecular formula is C30H30N2O. The summed E-state index contributed by atoms with van der Waals surface area (Å²) in [5, 5.41) is 0. The van der Waals surface area contributed by atoms with E-state index in [1.807, 2.05) is 6.08 Å². The highest BCUT2D eigenvalue weighted by Crippen LogP contribution is 2.43. The molecule has 4 aromatic rings. The molecule has 3 nitrogen and oxygen atoms in total. The molecule has 1 atom stereocenters. The van der Waals surface area contributed by atoms with E-state index in [9.17, 15) is 0 Å². The molecule has 0 fully saturated rings. The standard InChI is InChI=1S/C30H30N2O/c1-2-20-33-22-24-18-19-28-29(21-24)32(23-31-28)30(25-12-6-3-7-13-25,26-14-8-4-9-15-26)27-16-10-5-11-17-27/h2-17,23-24H,1,18-22H2. The van der Waals surface area contributed by atoms with Gasteiger partial charge in [0.25, 0.3) is 0 Å². The highest BCUT2D eigenvalue weighted by molar-refractivity contribution is 5.51. The number of ether oxygens (including phenoxy) is 1. The number of nitrogens with zero attached hydrogens (tertiary/aromatic N) is 2. The smallest absolute Gasteiger partial charge is 0.121 e. The van der Waals surface area contributed by atoms with Gasteiger partial charge in [-0.25, -0.2) is 4.98 Å². The molecule has 0 spiro atoms. The summed E-state index contributed by atoms with van der Waals surface area (Å²) in [6.07, 6.45) is 6.93. The molecule has 1 aliphatic carbocycles. The molecule has 33 heavy (non-hydrogen) atoms. The topological polar surface area (TPSA) is 27.1 Å². The maximum atomic E-state index is 5.85. The van der Waals surface area contributed by atoms with Crippen molar-refractivity contribution in [2.45, 2.75) is 24.8 Å². The van der Waals surface area contributed by atoms with Gasteiger partial charge in [-0.05, 0) is 41.9 Å². The first kappa shape index (κ1) is 21.4. The number of aryl methyl sites for hydroxylation is 1. The Morgan fingerprint density at radius 2 is 1.42 bits per heavy atom. The van der Waals surface area contributed by atoms with Crippen LogP contribution in [0.25, 0.3) is 0 Å². The molecule has 3 heteroatoms. The van der Waals surface area contributed by atoms with Crippen LogP contribution in [0.3, 0.4) is 0 Å². The van der Waals surface area contributed by atoms with E-state index in [-0.39, 0.29) is 0 Å². The molecule has 1 aromatic heterocycles.